The number of rotatable bonds is 21. The highest BCUT2D eigenvalue weighted by Gasteiger charge is 2.24. The van der Waals surface area contributed by atoms with Crippen molar-refractivity contribution in [2.24, 2.45) is 11.7 Å². The van der Waals surface area contributed by atoms with E-state index in [-0.39, 0.29) is 5.92 Å². The van der Waals surface area contributed by atoms with Gasteiger partial charge in [-0.1, -0.05) is 107 Å². The number of hydrogen-bond acceptors (Lipinski definition) is 3. The van der Waals surface area contributed by atoms with E-state index in [1.54, 1.807) is 0 Å². The molecule has 0 saturated carbocycles. The average molecular weight is 545 g/mol. The molecule has 0 aliphatic carbocycles. The van der Waals surface area contributed by atoms with Gasteiger partial charge in [-0.2, -0.15) is 0 Å². The lowest BCUT2D eigenvalue weighted by molar-refractivity contribution is -0.368. The fourth-order valence-corrected chi connectivity index (χ4v) is 3.16. The Labute approximate surface area is 239 Å². The number of carbonyl (C=O) groups excluding carboxylic acids is 1. The minimum Gasteiger partial charge on any atom is -0.480 e. The van der Waals surface area contributed by atoms with Crippen LogP contribution in [0, 0.1) is 5.92 Å². The molecule has 1 amide bonds. The van der Waals surface area contributed by atoms with Crippen LogP contribution in [0.25, 0.3) is 0 Å². The van der Waals surface area contributed by atoms with Gasteiger partial charge >= 0.3 is 5.97 Å². The van der Waals surface area contributed by atoms with Gasteiger partial charge in [0.25, 0.3) is 0 Å². The maximum Gasteiger partial charge on any atom is 0.326 e. The summed E-state index contributed by atoms with van der Waals surface area (Å²) in [4.78, 5) is 22.6. The minimum atomic E-state index is -1.02. The van der Waals surface area contributed by atoms with Crippen molar-refractivity contribution in [2.45, 2.75) is 110 Å². The van der Waals surface area contributed by atoms with Crippen LogP contribution >= 0.6 is 0 Å². The van der Waals surface area contributed by atoms with E-state index in [9.17, 15) is 9.59 Å². The smallest absolute Gasteiger partial charge is 0.326 e. The molecule has 0 rings (SSSR count). The van der Waals surface area contributed by atoms with E-state index in [1.807, 2.05) is 13.8 Å². The summed E-state index contributed by atoms with van der Waals surface area (Å²) in [6.45, 7) is 8.79. The molecule has 7 N–H and O–H groups in total. The standard InChI is InChI=1S/C22H34.C11H23N3O3/c1-3-5-7-9-11-13-15-17-19-21-22-20-18-16-14-12-10-8-6-4-2;1-7(2)9(13)10(15)14-8(11(16)17)5-3-4-6-12/h5,7-8,10-11,13-14,16-17,19-20,22H,3-4,6,9,12,15,18,21H2,1-2H3;7-9H,3-6,12-13H2,1-2H3,(H,14,15)(H,16,17)/p+1/b7-5-,10-8-,13-11-,16-14-,19-17-,22-20-;/t;8-,9-/m.0/s1. The number of carboxylic acid groups (broad SMARTS) is 1. The van der Waals surface area contributed by atoms with Crippen LogP contribution in [0.3, 0.4) is 0 Å². The number of nitrogens with one attached hydrogen (secondary N) is 1. The van der Waals surface area contributed by atoms with Crippen LogP contribution in [0.4, 0.5) is 0 Å². The predicted octanol–water partition coefficient (Wildman–Crippen LogP) is 6.44. The lowest BCUT2D eigenvalue weighted by Crippen LogP contribution is -2.51. The van der Waals surface area contributed by atoms with E-state index in [1.165, 1.54) is 12.8 Å². The van der Waals surface area contributed by atoms with E-state index in [0.717, 1.165) is 57.9 Å². The topological polar surface area (TPSA) is 120 Å². The molecule has 2 atom stereocenters. The fourth-order valence-electron chi connectivity index (χ4n) is 3.16. The molecule has 0 aromatic carbocycles. The van der Waals surface area contributed by atoms with Crippen molar-refractivity contribution in [3.05, 3.63) is 72.9 Å². The van der Waals surface area contributed by atoms with Crippen molar-refractivity contribution in [3.8, 4) is 0 Å². The largest absolute Gasteiger partial charge is 0.480 e. The number of carboxylic acids is 1. The molecule has 0 aromatic heterocycles. The second kappa shape index (κ2) is 29.9. The molecule has 0 aromatic rings. The lowest BCUT2D eigenvalue weighted by atomic mass is 10.0. The van der Waals surface area contributed by atoms with Crippen LogP contribution in [-0.4, -0.2) is 35.6 Å². The van der Waals surface area contributed by atoms with Crippen molar-refractivity contribution in [2.75, 3.05) is 6.54 Å². The summed E-state index contributed by atoms with van der Waals surface area (Å²) >= 11 is 0. The zero-order chi connectivity index (χ0) is 29.6. The van der Waals surface area contributed by atoms with E-state index in [4.69, 9.17) is 10.8 Å². The number of allylic oxidation sites excluding steroid dienone is 12. The Morgan fingerprint density at radius 3 is 1.56 bits per heavy atom. The third-order valence-electron chi connectivity index (χ3n) is 5.68. The van der Waals surface area contributed by atoms with Gasteiger partial charge in [0, 0.05) is 0 Å². The molecular weight excluding hydrogens is 486 g/mol. The molecule has 0 unspecified atom stereocenters. The number of amides is 1. The van der Waals surface area contributed by atoms with E-state index >= 15 is 0 Å². The van der Waals surface area contributed by atoms with Gasteiger partial charge in [0.2, 0.25) is 5.91 Å². The molecule has 0 radical (unpaired) electrons. The Morgan fingerprint density at radius 1 is 0.769 bits per heavy atom. The number of aliphatic carboxylic acids is 1. The molecule has 0 fully saturated rings. The van der Waals surface area contributed by atoms with E-state index in [2.05, 4.69) is 97.8 Å². The normalized spacial score (nSPS) is 13.8. The van der Waals surface area contributed by atoms with Crippen LogP contribution in [0.5, 0.6) is 0 Å². The molecule has 0 saturated heterocycles. The highest BCUT2D eigenvalue weighted by molar-refractivity contribution is 5.86. The number of hydrogen-bond donors (Lipinski definition) is 4. The second-order valence-electron chi connectivity index (χ2n) is 9.72. The van der Waals surface area contributed by atoms with Crippen molar-refractivity contribution in [1.82, 2.24) is 5.32 Å². The first-order valence-electron chi connectivity index (χ1n) is 14.8. The Hall–Kier alpha value is -2.70. The summed E-state index contributed by atoms with van der Waals surface area (Å²) < 4.78 is 0. The Bertz CT molecular complexity index is 764. The molecular formula is C33H58N3O3+. The lowest BCUT2D eigenvalue weighted by Gasteiger charge is -2.19. The molecule has 222 valence electrons. The maximum atomic E-state index is 11.6. The summed E-state index contributed by atoms with van der Waals surface area (Å²) in [5.74, 6) is -1.43. The van der Waals surface area contributed by atoms with Gasteiger partial charge in [-0.15, -0.1) is 0 Å². The van der Waals surface area contributed by atoms with Gasteiger partial charge in [-0.05, 0) is 70.1 Å². The molecule has 0 bridgehead atoms. The van der Waals surface area contributed by atoms with E-state index in [0.29, 0.717) is 6.42 Å². The molecule has 0 aliphatic heterocycles. The SMILES string of the molecule is CC(C)[C@H](N)C(=O)N[C@@H](CCCC[NH3+])C(=O)O.CC/C=C\C/C=C\C/C=C\C/C=C\C/C=C\C/C=C\CCC. The Morgan fingerprint density at radius 2 is 1.21 bits per heavy atom. The van der Waals surface area contributed by atoms with Gasteiger partial charge in [0.1, 0.15) is 6.04 Å². The van der Waals surface area contributed by atoms with Crippen LogP contribution < -0.4 is 16.8 Å². The summed E-state index contributed by atoms with van der Waals surface area (Å²) in [5, 5.41) is 11.4. The quantitative estimate of drug-likeness (QED) is 0.0982. The Kier molecular flexibility index (Phi) is 29.4. The summed E-state index contributed by atoms with van der Waals surface area (Å²) in [6.07, 6.45) is 37.6. The van der Waals surface area contributed by atoms with Crippen molar-refractivity contribution >= 4 is 11.9 Å². The zero-order valence-electron chi connectivity index (χ0n) is 25.2. The number of nitrogens with two attached hydrogens (primary N) is 1. The van der Waals surface area contributed by atoms with Crippen molar-refractivity contribution in [1.29, 1.82) is 0 Å². The number of unbranched alkanes of at least 4 members (excludes halogenated alkanes) is 2. The predicted molar refractivity (Wildman–Crippen MR) is 167 cm³/mol. The molecule has 0 heterocycles. The molecule has 6 heteroatoms. The molecule has 39 heavy (non-hydrogen) atoms. The first-order valence-corrected chi connectivity index (χ1v) is 14.8. The van der Waals surface area contributed by atoms with Crippen LogP contribution in [0.2, 0.25) is 0 Å². The fraction of sp³-hybridized carbons (Fsp3) is 0.576. The highest BCUT2D eigenvalue weighted by atomic mass is 16.4. The first kappa shape index (κ1) is 38.4. The van der Waals surface area contributed by atoms with Crippen molar-refractivity contribution < 1.29 is 20.4 Å². The van der Waals surface area contributed by atoms with Gasteiger partial charge in [0.05, 0.1) is 12.6 Å². The van der Waals surface area contributed by atoms with Gasteiger partial charge in [-0.3, -0.25) is 4.79 Å². The van der Waals surface area contributed by atoms with Crippen LogP contribution in [0.1, 0.15) is 98.3 Å². The van der Waals surface area contributed by atoms with Gasteiger partial charge in [0.15, 0.2) is 0 Å². The maximum absolute atomic E-state index is 11.6. The molecule has 0 spiro atoms. The Balaban J connectivity index is 0. The zero-order valence-corrected chi connectivity index (χ0v) is 25.2. The average Bonchev–Trinajstić information content (AvgIpc) is 2.91. The summed E-state index contributed by atoms with van der Waals surface area (Å²) in [6, 6.07) is -1.51. The van der Waals surface area contributed by atoms with Crippen LogP contribution in [-0.2, 0) is 9.59 Å². The third-order valence-corrected chi connectivity index (χ3v) is 5.68. The van der Waals surface area contributed by atoms with Crippen molar-refractivity contribution in [3.63, 3.8) is 0 Å². The molecule has 0 aliphatic rings. The molecule has 6 nitrogen and oxygen atoms in total. The second-order valence-corrected chi connectivity index (χ2v) is 9.72. The summed E-state index contributed by atoms with van der Waals surface area (Å²) in [7, 11) is 0. The number of carbonyl (C=O) groups is 2. The third kappa shape index (κ3) is 28.1. The summed E-state index contributed by atoms with van der Waals surface area (Å²) in [5.41, 5.74) is 9.33. The van der Waals surface area contributed by atoms with Gasteiger partial charge < -0.3 is 21.9 Å². The van der Waals surface area contributed by atoms with Gasteiger partial charge in [-0.25, -0.2) is 4.79 Å². The van der Waals surface area contributed by atoms with E-state index < -0.39 is 24.0 Å². The van der Waals surface area contributed by atoms with Crippen LogP contribution in [0.15, 0.2) is 72.9 Å². The monoisotopic (exact) mass is 544 g/mol. The minimum absolute atomic E-state index is 0.00992. The number of quaternary nitrogens is 1. The first-order chi connectivity index (χ1) is 18.8. The highest BCUT2D eigenvalue weighted by Crippen LogP contribution is 2.04.